The highest BCUT2D eigenvalue weighted by Crippen LogP contribution is 2.30. The fraction of sp³-hybridized carbons (Fsp3) is 0.600. The minimum Gasteiger partial charge on any atom is -0.355 e. The number of nitrogens with zero attached hydrogens (tertiary/aromatic N) is 5. The number of aromatic nitrogens is 4. The average molecular weight is 384 g/mol. The van der Waals surface area contributed by atoms with Crippen molar-refractivity contribution < 1.29 is 4.79 Å². The van der Waals surface area contributed by atoms with E-state index in [-0.39, 0.29) is 11.7 Å². The number of anilines is 1. The van der Waals surface area contributed by atoms with Crippen LogP contribution in [0.15, 0.2) is 12.3 Å². The maximum atomic E-state index is 12.0. The van der Waals surface area contributed by atoms with Crippen LogP contribution in [0.4, 0.5) is 5.82 Å². The van der Waals surface area contributed by atoms with Crippen molar-refractivity contribution in [2.75, 3.05) is 25.0 Å². The van der Waals surface area contributed by atoms with E-state index < -0.39 is 0 Å². The largest absolute Gasteiger partial charge is 0.355 e. The maximum Gasteiger partial charge on any atom is 0.288 e. The molecule has 0 aromatic carbocycles. The Kier molecular flexibility index (Phi) is 5.30. The Morgan fingerprint density at radius 2 is 2.07 bits per heavy atom. The maximum absolute atomic E-state index is 12.0. The van der Waals surface area contributed by atoms with Crippen molar-refractivity contribution in [2.24, 2.45) is 0 Å². The number of hydrogen-bond acceptors (Lipinski definition) is 6. The van der Waals surface area contributed by atoms with Crippen molar-refractivity contribution in [3.05, 3.63) is 35.0 Å². The first-order valence-electron chi connectivity index (χ1n) is 10.1. The molecule has 4 rings (SSSR count). The standard InChI is InChI=1S/C20H29N7O/c1-13-14(2)23-18(20(28)21-3)24-19(13)26-9-7-16(12-26)22-11-15-8-10-27(25-15)17-5-4-6-17/h8,10,16-17,22H,4-7,9,11-12H2,1-3H3,(H,21,28)/t16-/m1/s1. The first kappa shape index (κ1) is 18.9. The van der Waals surface area contributed by atoms with Crippen LogP contribution in [0.2, 0.25) is 0 Å². The van der Waals surface area contributed by atoms with Crippen LogP contribution in [0.3, 0.4) is 0 Å². The van der Waals surface area contributed by atoms with Crippen LogP contribution in [0.25, 0.3) is 0 Å². The van der Waals surface area contributed by atoms with E-state index in [1.165, 1.54) is 19.3 Å². The summed E-state index contributed by atoms with van der Waals surface area (Å²) in [5.74, 6) is 0.850. The molecule has 2 aromatic heterocycles. The molecule has 0 spiro atoms. The molecule has 0 radical (unpaired) electrons. The highest BCUT2D eigenvalue weighted by molar-refractivity contribution is 5.90. The Bertz CT molecular complexity index is 858. The van der Waals surface area contributed by atoms with Gasteiger partial charge in [0.15, 0.2) is 0 Å². The summed E-state index contributed by atoms with van der Waals surface area (Å²) in [5.41, 5.74) is 2.98. The van der Waals surface area contributed by atoms with Gasteiger partial charge in [0.05, 0.1) is 11.7 Å². The first-order valence-corrected chi connectivity index (χ1v) is 10.1. The zero-order chi connectivity index (χ0) is 19.7. The number of carbonyl (C=O) groups is 1. The van der Waals surface area contributed by atoms with Crippen LogP contribution in [0, 0.1) is 13.8 Å². The van der Waals surface area contributed by atoms with E-state index in [4.69, 9.17) is 5.10 Å². The predicted octanol–water partition coefficient (Wildman–Crippen LogP) is 1.74. The molecule has 0 bridgehead atoms. The lowest BCUT2D eigenvalue weighted by atomic mass is 9.93. The van der Waals surface area contributed by atoms with E-state index in [1.807, 2.05) is 13.8 Å². The third kappa shape index (κ3) is 3.73. The Morgan fingerprint density at radius 1 is 1.25 bits per heavy atom. The molecule has 2 aliphatic rings. The fourth-order valence-corrected chi connectivity index (χ4v) is 3.83. The molecule has 2 aromatic rings. The van der Waals surface area contributed by atoms with Gasteiger partial charge in [-0.2, -0.15) is 5.10 Å². The molecule has 2 fully saturated rings. The molecule has 0 unspecified atom stereocenters. The van der Waals surface area contributed by atoms with Crippen LogP contribution in [0.1, 0.15) is 59.3 Å². The number of amides is 1. The molecule has 3 heterocycles. The summed E-state index contributed by atoms with van der Waals surface area (Å²) in [7, 11) is 1.60. The molecule has 2 N–H and O–H groups in total. The SMILES string of the molecule is CNC(=O)c1nc(C)c(C)c(N2CC[C@@H](NCc3ccn(C4CCC4)n3)C2)n1. The van der Waals surface area contributed by atoms with Crippen LogP contribution in [-0.4, -0.2) is 51.8 Å². The summed E-state index contributed by atoms with van der Waals surface area (Å²) in [6, 6.07) is 3.10. The number of nitrogens with one attached hydrogen (secondary N) is 2. The van der Waals surface area contributed by atoms with Gasteiger partial charge in [0, 0.05) is 50.2 Å². The smallest absolute Gasteiger partial charge is 0.288 e. The zero-order valence-electron chi connectivity index (χ0n) is 16.9. The predicted molar refractivity (Wildman–Crippen MR) is 107 cm³/mol. The van der Waals surface area contributed by atoms with Gasteiger partial charge in [-0.25, -0.2) is 9.97 Å². The van der Waals surface area contributed by atoms with Gasteiger partial charge in [0.1, 0.15) is 5.82 Å². The van der Waals surface area contributed by atoms with Crippen molar-refractivity contribution in [1.29, 1.82) is 0 Å². The molecule has 1 aliphatic carbocycles. The minimum atomic E-state index is -0.250. The second kappa shape index (κ2) is 7.87. The molecule has 1 atom stereocenters. The van der Waals surface area contributed by atoms with Gasteiger partial charge in [-0.15, -0.1) is 0 Å². The lowest BCUT2D eigenvalue weighted by Crippen LogP contribution is -2.33. The van der Waals surface area contributed by atoms with Crippen molar-refractivity contribution in [3.63, 3.8) is 0 Å². The monoisotopic (exact) mass is 383 g/mol. The Hall–Kier alpha value is -2.48. The second-order valence-corrected chi connectivity index (χ2v) is 7.84. The highest BCUT2D eigenvalue weighted by Gasteiger charge is 2.26. The number of carbonyl (C=O) groups excluding carboxylic acids is 1. The first-order chi connectivity index (χ1) is 13.5. The van der Waals surface area contributed by atoms with E-state index >= 15 is 0 Å². The van der Waals surface area contributed by atoms with E-state index in [0.717, 1.165) is 48.8 Å². The van der Waals surface area contributed by atoms with E-state index in [0.29, 0.717) is 12.1 Å². The molecule has 8 heteroatoms. The Labute approximate surface area is 165 Å². The van der Waals surface area contributed by atoms with Gasteiger partial charge < -0.3 is 15.5 Å². The van der Waals surface area contributed by atoms with Crippen LogP contribution in [0.5, 0.6) is 0 Å². The third-order valence-corrected chi connectivity index (χ3v) is 5.97. The summed E-state index contributed by atoms with van der Waals surface area (Å²) >= 11 is 0. The quantitative estimate of drug-likeness (QED) is 0.790. The highest BCUT2D eigenvalue weighted by atomic mass is 16.2. The number of hydrogen-bond donors (Lipinski definition) is 2. The Balaban J connectivity index is 1.38. The molecule has 1 saturated heterocycles. The molecule has 8 nitrogen and oxygen atoms in total. The van der Waals surface area contributed by atoms with E-state index in [1.54, 1.807) is 7.05 Å². The third-order valence-electron chi connectivity index (χ3n) is 5.97. The average Bonchev–Trinajstić information content (AvgIpc) is 3.29. The fourth-order valence-electron chi connectivity index (χ4n) is 3.83. The molecule has 28 heavy (non-hydrogen) atoms. The molecular weight excluding hydrogens is 354 g/mol. The summed E-state index contributed by atoms with van der Waals surface area (Å²) in [6.07, 6.45) is 6.97. The van der Waals surface area contributed by atoms with E-state index in [9.17, 15) is 4.79 Å². The van der Waals surface area contributed by atoms with Gasteiger partial charge in [-0.05, 0) is 45.6 Å². The van der Waals surface area contributed by atoms with Crippen molar-refractivity contribution in [2.45, 2.75) is 58.2 Å². The van der Waals surface area contributed by atoms with E-state index in [2.05, 4.69) is 42.4 Å². The summed E-state index contributed by atoms with van der Waals surface area (Å²) < 4.78 is 2.12. The molecule has 150 valence electrons. The van der Waals surface area contributed by atoms with Crippen molar-refractivity contribution >= 4 is 11.7 Å². The van der Waals surface area contributed by atoms with Gasteiger partial charge in [-0.1, -0.05) is 0 Å². The van der Waals surface area contributed by atoms with Gasteiger partial charge in [-0.3, -0.25) is 9.48 Å². The summed E-state index contributed by atoms with van der Waals surface area (Å²) in [4.78, 5) is 23.1. The van der Waals surface area contributed by atoms with Crippen molar-refractivity contribution in [3.8, 4) is 0 Å². The molecule has 1 amide bonds. The molecule has 1 aliphatic heterocycles. The van der Waals surface area contributed by atoms with Crippen molar-refractivity contribution in [1.82, 2.24) is 30.4 Å². The van der Waals surface area contributed by atoms with Gasteiger partial charge >= 0.3 is 0 Å². The van der Waals surface area contributed by atoms with Crippen LogP contribution in [-0.2, 0) is 6.54 Å². The van der Waals surface area contributed by atoms with Gasteiger partial charge in [0.25, 0.3) is 5.91 Å². The lowest BCUT2D eigenvalue weighted by Gasteiger charge is -2.25. The number of aryl methyl sites for hydroxylation is 1. The summed E-state index contributed by atoms with van der Waals surface area (Å²) in [5, 5.41) is 10.9. The Morgan fingerprint density at radius 3 is 2.79 bits per heavy atom. The second-order valence-electron chi connectivity index (χ2n) is 7.84. The number of rotatable bonds is 6. The minimum absolute atomic E-state index is 0.235. The normalized spacial score (nSPS) is 19.7. The van der Waals surface area contributed by atoms with Gasteiger partial charge in [0.2, 0.25) is 5.82 Å². The summed E-state index contributed by atoms with van der Waals surface area (Å²) in [6.45, 7) is 6.51. The molecular formula is C20H29N7O. The topological polar surface area (TPSA) is 88.0 Å². The van der Waals surface area contributed by atoms with Crippen LogP contribution < -0.4 is 15.5 Å². The van der Waals surface area contributed by atoms with Crippen LogP contribution >= 0.6 is 0 Å². The zero-order valence-corrected chi connectivity index (χ0v) is 16.9. The molecule has 1 saturated carbocycles. The lowest BCUT2D eigenvalue weighted by molar-refractivity contribution is 0.0952.